The Kier molecular flexibility index (Phi) is 4.52. The summed E-state index contributed by atoms with van der Waals surface area (Å²) in [6.45, 7) is 2.59. The fourth-order valence-corrected chi connectivity index (χ4v) is 2.04. The van der Waals surface area contributed by atoms with E-state index in [0.717, 1.165) is 42.1 Å². The molecule has 19 heavy (non-hydrogen) atoms. The van der Waals surface area contributed by atoms with E-state index in [1.54, 1.807) is 7.11 Å². The molecule has 2 aromatic rings. The van der Waals surface area contributed by atoms with E-state index in [1.807, 2.05) is 28.9 Å². The Labute approximate surface area is 113 Å². The second kappa shape index (κ2) is 6.33. The van der Waals surface area contributed by atoms with E-state index in [4.69, 9.17) is 10.5 Å². The van der Waals surface area contributed by atoms with Gasteiger partial charge < -0.3 is 10.5 Å². The monoisotopic (exact) mass is 260 g/mol. The molecule has 1 aromatic heterocycles. The van der Waals surface area contributed by atoms with Crippen molar-refractivity contribution in [2.24, 2.45) is 5.73 Å². The van der Waals surface area contributed by atoms with Crippen molar-refractivity contribution in [3.05, 3.63) is 35.7 Å². The van der Waals surface area contributed by atoms with Crippen LogP contribution in [0, 0.1) is 0 Å². The Bertz CT molecular complexity index is 536. The molecular formula is C14H20N4O. The van der Waals surface area contributed by atoms with Crippen LogP contribution in [-0.4, -0.2) is 22.1 Å². The van der Waals surface area contributed by atoms with Gasteiger partial charge in [0.15, 0.2) is 0 Å². The minimum atomic E-state index is 0.420. The highest BCUT2D eigenvalue weighted by atomic mass is 16.5. The summed E-state index contributed by atoms with van der Waals surface area (Å²) < 4.78 is 7.11. The number of ether oxygens (including phenoxy) is 1. The molecule has 2 rings (SSSR count). The third-order valence-electron chi connectivity index (χ3n) is 3.10. The second-order valence-corrected chi connectivity index (χ2v) is 4.40. The summed E-state index contributed by atoms with van der Waals surface area (Å²) in [5.41, 5.74) is 8.65. The van der Waals surface area contributed by atoms with Gasteiger partial charge in [-0.15, -0.1) is 5.10 Å². The molecule has 5 nitrogen and oxygen atoms in total. The van der Waals surface area contributed by atoms with E-state index in [9.17, 15) is 0 Å². The van der Waals surface area contributed by atoms with E-state index < -0.39 is 0 Å². The smallest absolute Gasteiger partial charge is 0.121 e. The Hall–Kier alpha value is -1.88. The molecule has 0 unspecified atom stereocenters. The van der Waals surface area contributed by atoms with Gasteiger partial charge in [-0.05, 0) is 25.0 Å². The van der Waals surface area contributed by atoms with E-state index in [-0.39, 0.29) is 0 Å². The molecular weight excluding hydrogens is 240 g/mol. The lowest BCUT2D eigenvalue weighted by Gasteiger charge is -2.08. The van der Waals surface area contributed by atoms with Gasteiger partial charge in [-0.3, -0.25) is 0 Å². The molecule has 0 bridgehead atoms. The van der Waals surface area contributed by atoms with E-state index in [0.29, 0.717) is 6.54 Å². The highest BCUT2D eigenvalue weighted by Crippen LogP contribution is 2.19. The van der Waals surface area contributed by atoms with Crippen LogP contribution in [-0.2, 0) is 13.0 Å². The van der Waals surface area contributed by atoms with Crippen LogP contribution >= 0.6 is 0 Å². The minimum absolute atomic E-state index is 0.420. The fraction of sp³-hybridized carbons (Fsp3) is 0.429. The molecule has 0 saturated heterocycles. The molecule has 1 aromatic carbocycles. The predicted octanol–water partition coefficient (Wildman–Crippen LogP) is 2.08. The molecule has 0 saturated carbocycles. The van der Waals surface area contributed by atoms with Crippen LogP contribution < -0.4 is 10.5 Å². The lowest BCUT2D eigenvalue weighted by atomic mass is 10.1. The number of unbranched alkanes of at least 4 members (excludes halogenated alkanes) is 1. The van der Waals surface area contributed by atoms with E-state index >= 15 is 0 Å². The van der Waals surface area contributed by atoms with Crippen LogP contribution in [0.25, 0.3) is 5.69 Å². The maximum Gasteiger partial charge on any atom is 0.121 e. The summed E-state index contributed by atoms with van der Waals surface area (Å²) in [5, 5.41) is 8.38. The number of rotatable bonds is 6. The zero-order chi connectivity index (χ0) is 13.7. The fourth-order valence-electron chi connectivity index (χ4n) is 2.04. The van der Waals surface area contributed by atoms with E-state index in [1.165, 1.54) is 0 Å². The summed E-state index contributed by atoms with van der Waals surface area (Å²) in [6.07, 6.45) is 3.17. The van der Waals surface area contributed by atoms with Crippen molar-refractivity contribution in [2.75, 3.05) is 7.11 Å². The molecule has 0 radical (unpaired) electrons. The zero-order valence-electron chi connectivity index (χ0n) is 11.5. The van der Waals surface area contributed by atoms with Gasteiger partial charge >= 0.3 is 0 Å². The van der Waals surface area contributed by atoms with Crippen molar-refractivity contribution in [1.29, 1.82) is 0 Å². The molecule has 2 N–H and O–H groups in total. The second-order valence-electron chi connectivity index (χ2n) is 4.40. The van der Waals surface area contributed by atoms with Crippen LogP contribution in [0.4, 0.5) is 0 Å². The number of aromatic nitrogens is 3. The first-order valence-electron chi connectivity index (χ1n) is 6.58. The quantitative estimate of drug-likeness (QED) is 0.863. The number of nitrogens with zero attached hydrogens (tertiary/aromatic N) is 3. The van der Waals surface area contributed by atoms with Crippen LogP contribution in [0.5, 0.6) is 5.75 Å². The summed E-state index contributed by atoms with van der Waals surface area (Å²) in [7, 11) is 1.66. The molecule has 0 aliphatic rings. The Morgan fingerprint density at radius 1 is 1.37 bits per heavy atom. The van der Waals surface area contributed by atoms with Gasteiger partial charge in [0.1, 0.15) is 5.75 Å². The zero-order valence-corrected chi connectivity index (χ0v) is 11.5. The van der Waals surface area contributed by atoms with Gasteiger partial charge in [-0.25, -0.2) is 4.68 Å². The van der Waals surface area contributed by atoms with Gasteiger partial charge in [0.05, 0.1) is 24.2 Å². The largest absolute Gasteiger partial charge is 0.497 e. The van der Waals surface area contributed by atoms with Crippen molar-refractivity contribution < 1.29 is 4.74 Å². The van der Waals surface area contributed by atoms with Gasteiger partial charge in [-0.2, -0.15) is 0 Å². The van der Waals surface area contributed by atoms with Crippen LogP contribution in [0.3, 0.4) is 0 Å². The van der Waals surface area contributed by atoms with Crippen LogP contribution in [0.15, 0.2) is 24.3 Å². The first kappa shape index (κ1) is 13.5. The number of nitrogens with two attached hydrogens (primary N) is 1. The summed E-state index contributed by atoms with van der Waals surface area (Å²) in [4.78, 5) is 0. The maximum atomic E-state index is 5.73. The van der Waals surface area contributed by atoms with Crippen LogP contribution in [0.1, 0.15) is 31.2 Å². The standard InChI is InChI=1S/C14H20N4O/c1-3-4-8-14-13(10-15)16-17-18(14)11-6-5-7-12(9-11)19-2/h5-7,9H,3-4,8,10,15H2,1-2H3. The summed E-state index contributed by atoms with van der Waals surface area (Å²) in [5.74, 6) is 0.809. The Morgan fingerprint density at radius 3 is 2.89 bits per heavy atom. The van der Waals surface area contributed by atoms with Crippen LogP contribution in [0.2, 0.25) is 0 Å². The Balaban J connectivity index is 2.39. The lowest BCUT2D eigenvalue weighted by Crippen LogP contribution is -2.06. The minimum Gasteiger partial charge on any atom is -0.497 e. The van der Waals surface area contributed by atoms with Crippen molar-refractivity contribution in [2.45, 2.75) is 32.7 Å². The summed E-state index contributed by atoms with van der Waals surface area (Å²) in [6, 6.07) is 7.80. The highest BCUT2D eigenvalue weighted by Gasteiger charge is 2.12. The van der Waals surface area contributed by atoms with Gasteiger partial charge in [0.25, 0.3) is 0 Å². The average Bonchev–Trinajstić information content (AvgIpc) is 2.88. The topological polar surface area (TPSA) is 66.0 Å². The SMILES string of the molecule is CCCCc1c(CN)nnn1-c1cccc(OC)c1. The number of hydrogen-bond acceptors (Lipinski definition) is 4. The number of methoxy groups -OCH3 is 1. The maximum absolute atomic E-state index is 5.73. The molecule has 0 aliphatic carbocycles. The van der Waals surface area contributed by atoms with Crippen molar-refractivity contribution >= 4 is 0 Å². The summed E-state index contributed by atoms with van der Waals surface area (Å²) >= 11 is 0. The van der Waals surface area contributed by atoms with Gasteiger partial charge in [-0.1, -0.05) is 24.6 Å². The molecule has 0 fully saturated rings. The van der Waals surface area contributed by atoms with Crippen molar-refractivity contribution in [3.8, 4) is 11.4 Å². The normalized spacial score (nSPS) is 10.7. The lowest BCUT2D eigenvalue weighted by molar-refractivity contribution is 0.414. The molecule has 1 heterocycles. The average molecular weight is 260 g/mol. The molecule has 102 valence electrons. The highest BCUT2D eigenvalue weighted by molar-refractivity contribution is 5.40. The molecule has 0 atom stereocenters. The molecule has 5 heteroatoms. The van der Waals surface area contributed by atoms with Crippen molar-refractivity contribution in [3.63, 3.8) is 0 Å². The number of benzene rings is 1. The molecule has 0 spiro atoms. The Morgan fingerprint density at radius 2 is 2.21 bits per heavy atom. The molecule has 0 aliphatic heterocycles. The van der Waals surface area contributed by atoms with Gasteiger partial charge in [0.2, 0.25) is 0 Å². The molecule has 0 amide bonds. The van der Waals surface area contributed by atoms with Crippen molar-refractivity contribution in [1.82, 2.24) is 15.0 Å². The van der Waals surface area contributed by atoms with E-state index in [2.05, 4.69) is 17.2 Å². The number of hydrogen-bond donors (Lipinski definition) is 1. The first-order valence-corrected chi connectivity index (χ1v) is 6.58. The third-order valence-corrected chi connectivity index (χ3v) is 3.10. The first-order chi connectivity index (χ1) is 9.30. The van der Waals surface area contributed by atoms with Gasteiger partial charge in [0, 0.05) is 12.6 Å². The third kappa shape index (κ3) is 2.93. The predicted molar refractivity (Wildman–Crippen MR) is 74.4 cm³/mol.